The summed E-state index contributed by atoms with van der Waals surface area (Å²) in [4.78, 5) is 14.5. The van der Waals surface area contributed by atoms with E-state index in [9.17, 15) is 0 Å². The highest BCUT2D eigenvalue weighted by molar-refractivity contribution is 5.68. The van der Waals surface area contributed by atoms with Crippen LogP contribution in [-0.4, -0.2) is 26.2 Å². The molecule has 0 radical (unpaired) electrons. The van der Waals surface area contributed by atoms with Crippen molar-refractivity contribution in [1.82, 2.24) is 15.0 Å². The number of aromatic nitrogens is 3. The fourth-order valence-electron chi connectivity index (χ4n) is 3.81. The molecule has 0 amide bonds. The van der Waals surface area contributed by atoms with E-state index in [1.807, 2.05) is 84.9 Å². The molecule has 1 fully saturated rings. The SMILES string of the molecule is CC1(C)OC(c2ccccc2-c2nc(-c3ccccc3)nc(-c3ccccc3)n2)OC1(C)C. The standard InChI is InChI=1S/C28H27N3O2/c1-27(2)28(3,4)33-26(32-27)22-18-12-11-17-21(22)25-30-23(19-13-7-5-8-14-19)29-24(31-25)20-15-9-6-10-16-20/h5-18,26H,1-4H3. The average Bonchev–Trinajstić information content (AvgIpc) is 3.06. The first-order valence-corrected chi connectivity index (χ1v) is 11.2. The Morgan fingerprint density at radius 1 is 0.545 bits per heavy atom. The van der Waals surface area contributed by atoms with Crippen LogP contribution in [-0.2, 0) is 9.47 Å². The summed E-state index contributed by atoms with van der Waals surface area (Å²) in [5.41, 5.74) is 2.77. The molecule has 5 nitrogen and oxygen atoms in total. The van der Waals surface area contributed by atoms with Gasteiger partial charge >= 0.3 is 0 Å². The Labute approximate surface area is 194 Å². The van der Waals surface area contributed by atoms with Crippen LogP contribution in [0.15, 0.2) is 84.9 Å². The summed E-state index contributed by atoms with van der Waals surface area (Å²) in [6.45, 7) is 8.22. The molecule has 0 saturated carbocycles. The Hall–Kier alpha value is -3.41. The number of ether oxygens (including phenoxy) is 2. The number of benzene rings is 3. The maximum absolute atomic E-state index is 6.35. The molecular weight excluding hydrogens is 410 g/mol. The molecule has 0 N–H and O–H groups in total. The van der Waals surface area contributed by atoms with Gasteiger partial charge in [-0.25, -0.2) is 15.0 Å². The van der Waals surface area contributed by atoms with Gasteiger partial charge in [-0.3, -0.25) is 0 Å². The summed E-state index contributed by atoms with van der Waals surface area (Å²) >= 11 is 0. The van der Waals surface area contributed by atoms with Crippen LogP contribution in [0.2, 0.25) is 0 Å². The zero-order chi connectivity index (χ0) is 23.1. The van der Waals surface area contributed by atoms with Gasteiger partial charge in [-0.1, -0.05) is 84.9 Å². The molecule has 0 atom stereocenters. The van der Waals surface area contributed by atoms with Crippen molar-refractivity contribution in [3.8, 4) is 34.2 Å². The fourth-order valence-corrected chi connectivity index (χ4v) is 3.81. The Kier molecular flexibility index (Phi) is 5.31. The molecule has 5 heteroatoms. The van der Waals surface area contributed by atoms with Gasteiger partial charge in [-0.2, -0.15) is 0 Å². The van der Waals surface area contributed by atoms with Crippen LogP contribution in [0.4, 0.5) is 0 Å². The van der Waals surface area contributed by atoms with E-state index in [-0.39, 0.29) is 0 Å². The Morgan fingerprint density at radius 2 is 0.970 bits per heavy atom. The van der Waals surface area contributed by atoms with E-state index in [4.69, 9.17) is 24.4 Å². The molecule has 0 bridgehead atoms. The Balaban J connectivity index is 1.66. The van der Waals surface area contributed by atoms with Gasteiger partial charge in [0, 0.05) is 22.3 Å². The third-order valence-corrected chi connectivity index (χ3v) is 6.41. The maximum Gasteiger partial charge on any atom is 0.186 e. The molecule has 166 valence electrons. The number of hydrogen-bond acceptors (Lipinski definition) is 5. The van der Waals surface area contributed by atoms with Crippen molar-refractivity contribution in [2.45, 2.75) is 45.2 Å². The molecule has 1 aliphatic heterocycles. The lowest BCUT2D eigenvalue weighted by molar-refractivity contribution is -0.0892. The van der Waals surface area contributed by atoms with Crippen LogP contribution >= 0.6 is 0 Å². The molecule has 1 aromatic heterocycles. The highest BCUT2D eigenvalue weighted by atomic mass is 16.7. The molecule has 4 aromatic rings. The van der Waals surface area contributed by atoms with Crippen molar-refractivity contribution in [3.63, 3.8) is 0 Å². The lowest BCUT2D eigenvalue weighted by Gasteiger charge is -2.30. The van der Waals surface area contributed by atoms with E-state index in [1.54, 1.807) is 0 Å². The van der Waals surface area contributed by atoms with Gasteiger partial charge in [-0.05, 0) is 27.7 Å². The van der Waals surface area contributed by atoms with Gasteiger partial charge in [0.05, 0.1) is 11.2 Å². The molecule has 5 rings (SSSR count). The van der Waals surface area contributed by atoms with Crippen molar-refractivity contribution in [3.05, 3.63) is 90.5 Å². The van der Waals surface area contributed by atoms with Crippen LogP contribution in [0.5, 0.6) is 0 Å². The first kappa shape index (κ1) is 21.4. The minimum Gasteiger partial charge on any atom is -0.339 e. The van der Waals surface area contributed by atoms with Crippen molar-refractivity contribution in [2.75, 3.05) is 0 Å². The summed E-state index contributed by atoms with van der Waals surface area (Å²) in [6.07, 6.45) is -0.511. The van der Waals surface area contributed by atoms with Gasteiger partial charge in [0.2, 0.25) is 0 Å². The molecule has 0 aliphatic carbocycles. The van der Waals surface area contributed by atoms with Gasteiger partial charge in [0.25, 0.3) is 0 Å². The second kappa shape index (κ2) is 8.18. The zero-order valence-corrected chi connectivity index (χ0v) is 19.3. The maximum atomic E-state index is 6.35. The smallest absolute Gasteiger partial charge is 0.186 e. The summed E-state index contributed by atoms with van der Waals surface area (Å²) in [5, 5.41) is 0. The first-order valence-electron chi connectivity index (χ1n) is 11.2. The molecule has 33 heavy (non-hydrogen) atoms. The van der Waals surface area contributed by atoms with Crippen molar-refractivity contribution in [1.29, 1.82) is 0 Å². The molecule has 3 aromatic carbocycles. The third-order valence-electron chi connectivity index (χ3n) is 6.41. The van der Waals surface area contributed by atoms with Crippen molar-refractivity contribution >= 4 is 0 Å². The van der Waals surface area contributed by atoms with Crippen LogP contribution in [0.25, 0.3) is 34.2 Å². The van der Waals surface area contributed by atoms with Crippen LogP contribution in [0, 0.1) is 0 Å². The molecule has 1 saturated heterocycles. The molecule has 2 heterocycles. The summed E-state index contributed by atoms with van der Waals surface area (Å²) in [7, 11) is 0. The Bertz CT molecular complexity index is 1200. The summed E-state index contributed by atoms with van der Waals surface area (Å²) in [5.74, 6) is 1.85. The zero-order valence-electron chi connectivity index (χ0n) is 19.3. The monoisotopic (exact) mass is 437 g/mol. The molecular formula is C28H27N3O2. The predicted octanol–water partition coefficient (Wildman–Crippen LogP) is 6.48. The van der Waals surface area contributed by atoms with Crippen LogP contribution < -0.4 is 0 Å². The van der Waals surface area contributed by atoms with E-state index in [0.29, 0.717) is 17.5 Å². The van der Waals surface area contributed by atoms with Crippen LogP contribution in [0.1, 0.15) is 39.5 Å². The number of rotatable bonds is 4. The lowest BCUT2D eigenvalue weighted by atomic mass is 9.90. The average molecular weight is 438 g/mol. The second-order valence-corrected chi connectivity index (χ2v) is 9.21. The van der Waals surface area contributed by atoms with Crippen LogP contribution in [0.3, 0.4) is 0 Å². The third kappa shape index (κ3) is 4.06. The summed E-state index contributed by atoms with van der Waals surface area (Å²) < 4.78 is 12.7. The van der Waals surface area contributed by atoms with E-state index in [1.165, 1.54) is 0 Å². The van der Waals surface area contributed by atoms with Crippen molar-refractivity contribution in [2.24, 2.45) is 0 Å². The first-order chi connectivity index (χ1) is 15.8. The molecule has 0 spiro atoms. The summed E-state index contributed by atoms with van der Waals surface area (Å²) in [6, 6.07) is 27.9. The van der Waals surface area contributed by atoms with Gasteiger partial charge < -0.3 is 9.47 Å². The van der Waals surface area contributed by atoms with Gasteiger partial charge in [-0.15, -0.1) is 0 Å². The number of nitrogens with zero attached hydrogens (tertiary/aromatic N) is 3. The molecule has 1 aliphatic rings. The topological polar surface area (TPSA) is 57.1 Å². The van der Waals surface area contributed by atoms with E-state index in [2.05, 4.69) is 27.7 Å². The van der Waals surface area contributed by atoms with E-state index in [0.717, 1.165) is 22.3 Å². The number of hydrogen-bond donors (Lipinski definition) is 0. The highest BCUT2D eigenvalue weighted by Crippen LogP contribution is 2.46. The highest BCUT2D eigenvalue weighted by Gasteiger charge is 2.50. The minimum atomic E-state index is -0.511. The fraction of sp³-hybridized carbons (Fsp3) is 0.250. The Morgan fingerprint density at radius 3 is 1.48 bits per heavy atom. The second-order valence-electron chi connectivity index (χ2n) is 9.21. The van der Waals surface area contributed by atoms with Gasteiger partial charge in [0.15, 0.2) is 23.8 Å². The lowest BCUT2D eigenvalue weighted by Crippen LogP contribution is -2.41. The van der Waals surface area contributed by atoms with Crippen molar-refractivity contribution < 1.29 is 9.47 Å². The van der Waals surface area contributed by atoms with E-state index < -0.39 is 17.5 Å². The van der Waals surface area contributed by atoms with Gasteiger partial charge in [0.1, 0.15) is 0 Å². The normalized spacial score (nSPS) is 17.2. The minimum absolute atomic E-state index is 0.436. The molecule has 0 unspecified atom stereocenters. The van der Waals surface area contributed by atoms with E-state index >= 15 is 0 Å². The largest absolute Gasteiger partial charge is 0.339 e. The quantitative estimate of drug-likeness (QED) is 0.366. The predicted molar refractivity (Wildman–Crippen MR) is 129 cm³/mol.